The molecule has 1 aliphatic rings. The summed E-state index contributed by atoms with van der Waals surface area (Å²) in [5.41, 5.74) is 7.18. The molecule has 1 saturated heterocycles. The van der Waals surface area contributed by atoms with Crippen LogP contribution in [-0.2, 0) is 10.2 Å². The Morgan fingerprint density at radius 1 is 1.00 bits per heavy atom. The van der Waals surface area contributed by atoms with Crippen molar-refractivity contribution < 1.29 is 18.1 Å². The van der Waals surface area contributed by atoms with Gasteiger partial charge in [0.2, 0.25) is 5.91 Å². The van der Waals surface area contributed by atoms with E-state index in [2.05, 4.69) is 7.05 Å². The van der Waals surface area contributed by atoms with Crippen molar-refractivity contribution in [1.82, 2.24) is 0 Å². The summed E-state index contributed by atoms with van der Waals surface area (Å²) in [5.74, 6) is -1.13. The van der Waals surface area contributed by atoms with Crippen molar-refractivity contribution in [2.24, 2.45) is 11.7 Å². The third-order valence-corrected chi connectivity index (χ3v) is 8.27. The lowest BCUT2D eigenvalue weighted by Gasteiger charge is -2.38. The normalized spacial score (nSPS) is 20.4. The van der Waals surface area contributed by atoms with Gasteiger partial charge < -0.3 is 10.2 Å². The van der Waals surface area contributed by atoms with Crippen LogP contribution in [0.2, 0.25) is 0 Å². The van der Waals surface area contributed by atoms with Crippen molar-refractivity contribution in [3.63, 3.8) is 0 Å². The maximum absolute atomic E-state index is 13.9. The van der Waals surface area contributed by atoms with Crippen molar-refractivity contribution in [3.8, 4) is 0 Å². The molecule has 2 unspecified atom stereocenters. The van der Waals surface area contributed by atoms with E-state index in [0.717, 1.165) is 54.2 Å². The van der Waals surface area contributed by atoms with Gasteiger partial charge in [0.05, 0.1) is 26.7 Å². The van der Waals surface area contributed by atoms with E-state index < -0.39 is 17.0 Å². The van der Waals surface area contributed by atoms with Crippen LogP contribution in [0.1, 0.15) is 24.0 Å². The Morgan fingerprint density at radius 2 is 1.62 bits per heavy atom. The van der Waals surface area contributed by atoms with E-state index in [1.807, 2.05) is 60.7 Å². The van der Waals surface area contributed by atoms with Crippen LogP contribution < -0.4 is 5.73 Å². The summed E-state index contributed by atoms with van der Waals surface area (Å²) in [5, 5.41) is 0. The molecule has 0 aromatic heterocycles. The number of carbonyl (C=O) groups is 1. The number of hydrogen-bond acceptors (Lipinski definition) is 2. The van der Waals surface area contributed by atoms with Gasteiger partial charge in [0, 0.05) is 29.4 Å². The van der Waals surface area contributed by atoms with Crippen LogP contribution in [0.3, 0.4) is 0 Å². The Labute approximate surface area is 204 Å². The van der Waals surface area contributed by atoms with Crippen molar-refractivity contribution in [2.75, 3.05) is 32.4 Å². The van der Waals surface area contributed by atoms with Crippen molar-refractivity contribution in [3.05, 3.63) is 102 Å². The molecule has 0 bridgehead atoms. The zero-order chi connectivity index (χ0) is 24.2. The topological polar surface area (TPSA) is 43.1 Å². The molecule has 0 spiro atoms. The molecule has 3 nitrogen and oxygen atoms in total. The first-order valence-corrected chi connectivity index (χ1v) is 12.7. The fourth-order valence-electron chi connectivity index (χ4n) is 5.49. The molecule has 2 N–H and O–H groups in total. The molecule has 0 radical (unpaired) electrons. The van der Waals surface area contributed by atoms with Gasteiger partial charge >= 0.3 is 0 Å². The third kappa shape index (κ3) is 4.75. The van der Waals surface area contributed by atoms with Gasteiger partial charge in [-0.25, -0.2) is 8.78 Å². The van der Waals surface area contributed by atoms with E-state index in [9.17, 15) is 13.6 Å². The maximum atomic E-state index is 13.9. The SMILES string of the molecule is C[N+]1(CCCSc2cccc(F)c2F)CCC(C(C(N)=O)(c2ccccc2)c2ccccc2)C1. The number of nitrogens with zero attached hydrogens (tertiary/aromatic N) is 1. The number of benzene rings is 3. The summed E-state index contributed by atoms with van der Waals surface area (Å²) in [4.78, 5) is 13.6. The van der Waals surface area contributed by atoms with E-state index in [1.54, 1.807) is 6.07 Å². The van der Waals surface area contributed by atoms with E-state index in [4.69, 9.17) is 5.73 Å². The second-order valence-electron chi connectivity index (χ2n) is 9.39. The summed E-state index contributed by atoms with van der Waals surface area (Å²) in [6, 6.07) is 24.1. The molecule has 2 atom stereocenters. The van der Waals surface area contributed by atoms with Gasteiger partial charge in [0.25, 0.3) is 0 Å². The Morgan fingerprint density at radius 3 is 2.21 bits per heavy atom. The minimum Gasteiger partial charge on any atom is -0.369 e. The van der Waals surface area contributed by atoms with Gasteiger partial charge in [-0.3, -0.25) is 4.79 Å². The van der Waals surface area contributed by atoms with Crippen LogP contribution in [0.25, 0.3) is 0 Å². The maximum Gasteiger partial charge on any atom is 0.233 e. The molecule has 3 aromatic rings. The fraction of sp³-hybridized carbons (Fsp3) is 0.321. The summed E-state index contributed by atoms with van der Waals surface area (Å²) in [7, 11) is 2.22. The van der Waals surface area contributed by atoms with Gasteiger partial charge in [-0.2, -0.15) is 0 Å². The average Bonchev–Trinajstić information content (AvgIpc) is 3.23. The molecule has 178 valence electrons. The summed E-state index contributed by atoms with van der Waals surface area (Å²) >= 11 is 1.35. The monoisotopic (exact) mass is 481 g/mol. The Hall–Kier alpha value is -2.70. The average molecular weight is 482 g/mol. The second-order valence-corrected chi connectivity index (χ2v) is 10.5. The number of primary amides is 1. The van der Waals surface area contributed by atoms with E-state index >= 15 is 0 Å². The molecule has 4 rings (SSSR count). The highest BCUT2D eigenvalue weighted by atomic mass is 32.2. The molecular formula is C28H31F2N2OS+. The van der Waals surface area contributed by atoms with Gasteiger partial charge in [-0.05, 0) is 23.3 Å². The number of quaternary nitrogens is 1. The van der Waals surface area contributed by atoms with Crippen molar-refractivity contribution in [1.29, 1.82) is 0 Å². The van der Waals surface area contributed by atoms with Crippen LogP contribution in [0.15, 0.2) is 83.8 Å². The number of halogens is 2. The number of likely N-dealkylation sites (tertiary alicyclic amines) is 1. The third-order valence-electron chi connectivity index (χ3n) is 7.15. The first-order valence-electron chi connectivity index (χ1n) is 11.7. The number of nitrogens with two attached hydrogens (primary N) is 1. The summed E-state index contributed by atoms with van der Waals surface area (Å²) in [6.07, 6.45) is 1.75. The van der Waals surface area contributed by atoms with Crippen LogP contribution in [0, 0.1) is 17.6 Å². The summed E-state index contributed by atoms with van der Waals surface area (Å²) in [6.45, 7) is 2.67. The fourth-order valence-corrected chi connectivity index (χ4v) is 6.38. The number of hydrogen-bond donors (Lipinski definition) is 1. The predicted molar refractivity (Wildman–Crippen MR) is 133 cm³/mol. The molecule has 0 saturated carbocycles. The van der Waals surface area contributed by atoms with Crippen LogP contribution in [-0.4, -0.2) is 42.8 Å². The molecule has 34 heavy (non-hydrogen) atoms. The number of carbonyl (C=O) groups excluding carboxylic acids is 1. The van der Waals surface area contributed by atoms with Crippen LogP contribution in [0.4, 0.5) is 8.78 Å². The smallest absolute Gasteiger partial charge is 0.233 e. The molecule has 1 aliphatic heterocycles. The first-order chi connectivity index (χ1) is 16.4. The van der Waals surface area contributed by atoms with Crippen molar-refractivity contribution in [2.45, 2.75) is 23.2 Å². The Bertz CT molecular complexity index is 1090. The molecular weight excluding hydrogens is 450 g/mol. The standard InChI is InChI=1S/C28H30F2N2OS/c1-32(17-9-19-34-25-15-8-14-24(29)26(25)30)18-16-23(20-32)28(27(31)33,21-10-4-2-5-11-21)22-12-6-3-7-13-22/h2-8,10-15,23H,9,16-20H2,1H3,(H-,31,33)/p+1. The quantitative estimate of drug-likeness (QED) is 0.253. The van der Waals surface area contributed by atoms with Gasteiger partial charge in [-0.1, -0.05) is 66.7 Å². The lowest BCUT2D eigenvalue weighted by Crippen LogP contribution is -2.51. The lowest BCUT2D eigenvalue weighted by molar-refractivity contribution is -0.899. The zero-order valence-corrected chi connectivity index (χ0v) is 20.2. The molecule has 1 amide bonds. The number of thioether (sulfide) groups is 1. The van der Waals surface area contributed by atoms with Crippen LogP contribution >= 0.6 is 11.8 Å². The predicted octanol–water partition coefficient (Wildman–Crippen LogP) is 5.39. The molecule has 1 fully saturated rings. The van der Waals surface area contributed by atoms with Gasteiger partial charge in [0.1, 0.15) is 5.41 Å². The highest BCUT2D eigenvalue weighted by Crippen LogP contribution is 2.45. The minimum atomic E-state index is -0.891. The second kappa shape index (κ2) is 10.3. The molecule has 6 heteroatoms. The Kier molecular flexibility index (Phi) is 7.39. The highest BCUT2D eigenvalue weighted by molar-refractivity contribution is 7.99. The van der Waals surface area contributed by atoms with Crippen LogP contribution in [0.5, 0.6) is 0 Å². The van der Waals surface area contributed by atoms with E-state index in [0.29, 0.717) is 10.6 Å². The van der Waals surface area contributed by atoms with Gasteiger partial charge in [-0.15, -0.1) is 11.8 Å². The molecule has 0 aliphatic carbocycles. The Balaban J connectivity index is 1.51. The molecule has 3 aromatic carbocycles. The minimum absolute atomic E-state index is 0.0631. The lowest BCUT2D eigenvalue weighted by atomic mass is 9.64. The zero-order valence-electron chi connectivity index (χ0n) is 19.4. The van der Waals surface area contributed by atoms with E-state index in [1.165, 1.54) is 17.8 Å². The molecule has 1 heterocycles. The largest absolute Gasteiger partial charge is 0.369 e. The number of amides is 1. The number of rotatable bonds is 9. The first kappa shape index (κ1) is 24.4. The van der Waals surface area contributed by atoms with Crippen molar-refractivity contribution >= 4 is 17.7 Å². The summed E-state index contributed by atoms with van der Waals surface area (Å²) < 4.78 is 28.2. The van der Waals surface area contributed by atoms with Gasteiger partial charge in [0.15, 0.2) is 11.6 Å². The highest BCUT2D eigenvalue weighted by Gasteiger charge is 2.53. The van der Waals surface area contributed by atoms with E-state index in [-0.39, 0.29) is 11.8 Å².